The standard InChI is InChI=1S/C9H8IN3O/c1-4-5(10)2-3-6-7(4)8(14)13-9(11)12-6/h2-3H,1H3,(H3,11,12,13,14). The number of anilines is 1. The maximum Gasteiger partial charge on any atom is 0.260 e. The van der Waals surface area contributed by atoms with Crippen molar-refractivity contribution in [3.8, 4) is 0 Å². The van der Waals surface area contributed by atoms with Crippen molar-refractivity contribution in [3.05, 3.63) is 31.6 Å². The van der Waals surface area contributed by atoms with Crippen LogP contribution in [0.25, 0.3) is 10.9 Å². The number of aromatic nitrogens is 2. The highest BCUT2D eigenvalue weighted by Crippen LogP contribution is 2.18. The van der Waals surface area contributed by atoms with E-state index in [4.69, 9.17) is 5.73 Å². The molecule has 72 valence electrons. The van der Waals surface area contributed by atoms with E-state index < -0.39 is 0 Å². The number of fused-ring (bicyclic) bond motifs is 1. The largest absolute Gasteiger partial charge is 0.369 e. The number of nitrogens with two attached hydrogens (primary N) is 1. The molecule has 0 unspecified atom stereocenters. The molecule has 2 rings (SSSR count). The van der Waals surface area contributed by atoms with Gasteiger partial charge in [-0.05, 0) is 47.2 Å². The molecular weight excluding hydrogens is 293 g/mol. The number of halogens is 1. The zero-order chi connectivity index (χ0) is 10.3. The minimum absolute atomic E-state index is 0.156. The van der Waals surface area contributed by atoms with E-state index in [2.05, 4.69) is 32.6 Å². The summed E-state index contributed by atoms with van der Waals surface area (Å²) in [5.41, 5.74) is 6.85. The van der Waals surface area contributed by atoms with E-state index in [0.29, 0.717) is 10.9 Å². The summed E-state index contributed by atoms with van der Waals surface area (Å²) in [5.74, 6) is 0.156. The maximum atomic E-state index is 11.6. The highest BCUT2D eigenvalue weighted by Gasteiger charge is 2.06. The third-order valence-corrected chi connectivity index (χ3v) is 3.26. The van der Waals surface area contributed by atoms with Crippen LogP contribution in [0, 0.1) is 10.5 Å². The van der Waals surface area contributed by atoms with Gasteiger partial charge in [-0.15, -0.1) is 0 Å². The molecule has 1 aromatic carbocycles. The molecule has 0 spiro atoms. The molecule has 0 saturated carbocycles. The summed E-state index contributed by atoms with van der Waals surface area (Å²) in [4.78, 5) is 18.1. The van der Waals surface area contributed by atoms with Gasteiger partial charge in [-0.2, -0.15) is 0 Å². The SMILES string of the molecule is Cc1c(I)ccc2nc(N)[nH]c(=O)c12. The summed E-state index contributed by atoms with van der Waals surface area (Å²) in [7, 11) is 0. The first kappa shape index (κ1) is 9.45. The van der Waals surface area contributed by atoms with Gasteiger partial charge in [0.15, 0.2) is 0 Å². The zero-order valence-electron chi connectivity index (χ0n) is 7.47. The molecule has 0 amide bonds. The molecule has 0 atom stereocenters. The molecule has 0 aliphatic heterocycles. The molecule has 3 N–H and O–H groups in total. The smallest absolute Gasteiger partial charge is 0.260 e. The number of nitrogens with zero attached hydrogens (tertiary/aromatic N) is 1. The summed E-state index contributed by atoms with van der Waals surface area (Å²) in [6, 6.07) is 3.72. The minimum atomic E-state index is -0.177. The first-order chi connectivity index (χ1) is 6.59. The third-order valence-electron chi connectivity index (χ3n) is 2.09. The van der Waals surface area contributed by atoms with E-state index in [9.17, 15) is 4.79 Å². The van der Waals surface area contributed by atoms with Crippen LogP contribution in [0.15, 0.2) is 16.9 Å². The van der Waals surface area contributed by atoms with Gasteiger partial charge in [0.25, 0.3) is 5.56 Å². The van der Waals surface area contributed by atoms with Gasteiger partial charge in [0, 0.05) is 3.57 Å². The van der Waals surface area contributed by atoms with Crippen LogP contribution in [-0.2, 0) is 0 Å². The van der Waals surface area contributed by atoms with Gasteiger partial charge in [-0.25, -0.2) is 4.98 Å². The molecule has 0 bridgehead atoms. The van der Waals surface area contributed by atoms with Gasteiger partial charge in [0.2, 0.25) is 5.95 Å². The fourth-order valence-corrected chi connectivity index (χ4v) is 1.84. The number of hydrogen-bond donors (Lipinski definition) is 2. The van der Waals surface area contributed by atoms with Gasteiger partial charge in [-0.3, -0.25) is 9.78 Å². The van der Waals surface area contributed by atoms with Crippen molar-refractivity contribution in [2.24, 2.45) is 0 Å². The van der Waals surface area contributed by atoms with Crippen molar-refractivity contribution >= 4 is 39.4 Å². The lowest BCUT2D eigenvalue weighted by molar-refractivity contribution is 1.18. The Kier molecular flexibility index (Phi) is 2.18. The Bertz CT molecular complexity index is 562. The highest BCUT2D eigenvalue weighted by atomic mass is 127. The number of nitrogens with one attached hydrogen (secondary N) is 1. The summed E-state index contributed by atoms with van der Waals surface area (Å²) in [6.07, 6.45) is 0. The lowest BCUT2D eigenvalue weighted by atomic mass is 10.1. The molecule has 0 fully saturated rings. The first-order valence-corrected chi connectivity index (χ1v) is 5.12. The topological polar surface area (TPSA) is 71.8 Å². The molecule has 0 saturated heterocycles. The average molecular weight is 301 g/mol. The number of hydrogen-bond acceptors (Lipinski definition) is 3. The summed E-state index contributed by atoms with van der Waals surface area (Å²) in [5, 5.41) is 0.617. The van der Waals surface area contributed by atoms with Crippen LogP contribution in [-0.4, -0.2) is 9.97 Å². The van der Waals surface area contributed by atoms with E-state index in [0.717, 1.165) is 9.13 Å². The predicted octanol–water partition coefficient (Wildman–Crippen LogP) is 1.42. The lowest BCUT2D eigenvalue weighted by Crippen LogP contribution is -2.12. The quantitative estimate of drug-likeness (QED) is 0.723. The maximum absolute atomic E-state index is 11.6. The van der Waals surface area contributed by atoms with Crippen LogP contribution < -0.4 is 11.3 Å². The van der Waals surface area contributed by atoms with Crippen molar-refractivity contribution in [2.75, 3.05) is 5.73 Å². The zero-order valence-corrected chi connectivity index (χ0v) is 9.62. The van der Waals surface area contributed by atoms with Crippen LogP contribution in [0.4, 0.5) is 5.95 Å². The molecule has 4 nitrogen and oxygen atoms in total. The molecule has 1 heterocycles. The summed E-state index contributed by atoms with van der Waals surface area (Å²) < 4.78 is 1.05. The van der Waals surface area contributed by atoms with Crippen LogP contribution >= 0.6 is 22.6 Å². The monoisotopic (exact) mass is 301 g/mol. The normalized spacial score (nSPS) is 10.7. The Morgan fingerprint density at radius 1 is 1.50 bits per heavy atom. The van der Waals surface area contributed by atoms with E-state index in [-0.39, 0.29) is 11.5 Å². The van der Waals surface area contributed by atoms with Crippen LogP contribution in [0.2, 0.25) is 0 Å². The number of nitrogen functional groups attached to an aromatic ring is 1. The summed E-state index contributed by atoms with van der Waals surface area (Å²) in [6.45, 7) is 1.90. The number of rotatable bonds is 0. The van der Waals surface area contributed by atoms with Gasteiger partial charge in [0.1, 0.15) is 0 Å². The summed E-state index contributed by atoms with van der Waals surface area (Å²) >= 11 is 2.19. The van der Waals surface area contributed by atoms with E-state index in [1.54, 1.807) is 6.07 Å². The van der Waals surface area contributed by atoms with Crippen LogP contribution in [0.3, 0.4) is 0 Å². The van der Waals surface area contributed by atoms with Crippen molar-refractivity contribution in [1.29, 1.82) is 0 Å². The Morgan fingerprint density at radius 2 is 2.21 bits per heavy atom. The van der Waals surface area contributed by atoms with Crippen molar-refractivity contribution in [1.82, 2.24) is 9.97 Å². The van der Waals surface area contributed by atoms with Crippen molar-refractivity contribution in [2.45, 2.75) is 6.92 Å². The molecule has 2 aromatic rings. The van der Waals surface area contributed by atoms with Crippen LogP contribution in [0.5, 0.6) is 0 Å². The Hall–Kier alpha value is -1.11. The van der Waals surface area contributed by atoms with Gasteiger partial charge in [0.05, 0.1) is 10.9 Å². The molecular formula is C9H8IN3O. The van der Waals surface area contributed by atoms with Gasteiger partial charge in [-0.1, -0.05) is 0 Å². The average Bonchev–Trinajstić information content (AvgIpc) is 2.10. The van der Waals surface area contributed by atoms with Crippen LogP contribution in [0.1, 0.15) is 5.56 Å². The lowest BCUT2D eigenvalue weighted by Gasteiger charge is -2.03. The predicted molar refractivity (Wildman–Crippen MR) is 64.2 cm³/mol. The van der Waals surface area contributed by atoms with Gasteiger partial charge >= 0.3 is 0 Å². The molecule has 0 aliphatic carbocycles. The second-order valence-electron chi connectivity index (χ2n) is 3.02. The molecule has 14 heavy (non-hydrogen) atoms. The molecule has 0 aliphatic rings. The van der Waals surface area contributed by atoms with Crippen molar-refractivity contribution in [3.63, 3.8) is 0 Å². The number of benzene rings is 1. The van der Waals surface area contributed by atoms with E-state index >= 15 is 0 Å². The fourth-order valence-electron chi connectivity index (χ4n) is 1.39. The number of H-pyrrole nitrogens is 1. The molecule has 1 aromatic heterocycles. The second kappa shape index (κ2) is 3.23. The highest BCUT2D eigenvalue weighted by molar-refractivity contribution is 14.1. The van der Waals surface area contributed by atoms with Crippen molar-refractivity contribution < 1.29 is 0 Å². The molecule has 5 heteroatoms. The Balaban J connectivity index is 3.03. The number of aromatic amines is 1. The molecule has 0 radical (unpaired) electrons. The third kappa shape index (κ3) is 1.37. The van der Waals surface area contributed by atoms with Gasteiger partial charge < -0.3 is 5.73 Å². The Labute approximate surface area is 93.7 Å². The number of aryl methyl sites for hydroxylation is 1. The van der Waals surface area contributed by atoms with E-state index in [1.807, 2.05) is 13.0 Å². The minimum Gasteiger partial charge on any atom is -0.369 e. The second-order valence-corrected chi connectivity index (χ2v) is 4.18. The Morgan fingerprint density at radius 3 is 2.93 bits per heavy atom. The first-order valence-electron chi connectivity index (χ1n) is 4.04. The van der Waals surface area contributed by atoms with E-state index in [1.165, 1.54) is 0 Å². The fraction of sp³-hybridized carbons (Fsp3) is 0.111.